The van der Waals surface area contributed by atoms with E-state index in [0.717, 1.165) is 38.5 Å². The van der Waals surface area contributed by atoms with E-state index in [2.05, 4.69) is 12.2 Å². The lowest BCUT2D eigenvalue weighted by Crippen LogP contribution is -2.46. The monoisotopic (exact) mass is 456 g/mol. The molecule has 0 radical (unpaired) electrons. The van der Waals surface area contributed by atoms with Gasteiger partial charge in [0, 0.05) is 19.1 Å². The second-order valence-corrected chi connectivity index (χ2v) is 10.5. The third-order valence-electron chi connectivity index (χ3n) is 5.94. The topological polar surface area (TPSA) is 92.8 Å². The number of hydrogen-bond donors (Lipinski definition) is 1. The minimum Gasteiger partial charge on any atom is -0.449 e. The largest absolute Gasteiger partial charge is 0.449 e. The van der Waals surface area contributed by atoms with E-state index < -0.39 is 22.1 Å². The highest BCUT2D eigenvalue weighted by atomic mass is 35.5. The Morgan fingerprint density at radius 1 is 1.17 bits per heavy atom. The normalized spacial score (nSPS) is 23.7. The molecule has 0 spiro atoms. The van der Waals surface area contributed by atoms with E-state index in [-0.39, 0.29) is 27.4 Å². The number of sulfonamides is 1. The summed E-state index contributed by atoms with van der Waals surface area (Å²) in [5.41, 5.74) is 0.0443. The van der Waals surface area contributed by atoms with Crippen molar-refractivity contribution in [3.63, 3.8) is 0 Å². The predicted molar refractivity (Wildman–Crippen MR) is 114 cm³/mol. The molecule has 2 aliphatic rings. The molecule has 1 N–H and O–H groups in total. The molecule has 1 aromatic rings. The van der Waals surface area contributed by atoms with Crippen LogP contribution < -0.4 is 5.32 Å². The third kappa shape index (κ3) is 5.15. The minimum absolute atomic E-state index is 0.0443. The minimum atomic E-state index is -3.78. The highest BCUT2D eigenvalue weighted by Gasteiger charge is 2.31. The van der Waals surface area contributed by atoms with Gasteiger partial charge in [-0.3, -0.25) is 4.79 Å². The number of benzene rings is 1. The maximum Gasteiger partial charge on any atom is 0.338 e. The molecule has 1 saturated carbocycles. The van der Waals surface area contributed by atoms with Crippen LogP contribution in [0.3, 0.4) is 0 Å². The van der Waals surface area contributed by atoms with Crippen LogP contribution in [0, 0.1) is 5.92 Å². The van der Waals surface area contributed by atoms with Gasteiger partial charge in [0.1, 0.15) is 4.90 Å². The Labute approximate surface area is 183 Å². The number of halogens is 1. The molecule has 0 bridgehead atoms. The summed E-state index contributed by atoms with van der Waals surface area (Å²) >= 11 is 6.12. The SMILES string of the molecule is C[C@@H]1CCCC[C@H]1NC(=O)[C@@H](C)OC(=O)c1ccc(Cl)c(S(=O)(=O)N2CCCC2)c1. The van der Waals surface area contributed by atoms with Crippen molar-refractivity contribution in [3.05, 3.63) is 28.8 Å². The number of carbonyl (C=O) groups excluding carboxylic acids is 2. The van der Waals surface area contributed by atoms with Gasteiger partial charge in [0.25, 0.3) is 5.91 Å². The standard InChI is InChI=1S/C21H29ClN2O5S/c1-14-7-3-4-8-18(14)23-20(25)15(2)29-21(26)16-9-10-17(22)19(13-16)30(27,28)24-11-5-6-12-24/h9-10,13-15,18H,3-8,11-12H2,1-2H3,(H,23,25)/t14-,15-,18-/m1/s1. The van der Waals surface area contributed by atoms with Crippen molar-refractivity contribution in [2.24, 2.45) is 5.92 Å². The van der Waals surface area contributed by atoms with Gasteiger partial charge in [0.15, 0.2) is 6.10 Å². The number of rotatable bonds is 6. The molecule has 1 heterocycles. The van der Waals surface area contributed by atoms with Crippen molar-refractivity contribution in [3.8, 4) is 0 Å². The van der Waals surface area contributed by atoms with Gasteiger partial charge >= 0.3 is 5.97 Å². The summed E-state index contributed by atoms with van der Waals surface area (Å²) in [7, 11) is -3.78. The average Bonchev–Trinajstić information content (AvgIpc) is 3.25. The van der Waals surface area contributed by atoms with Crippen LogP contribution in [0.4, 0.5) is 0 Å². The van der Waals surface area contributed by atoms with E-state index in [4.69, 9.17) is 16.3 Å². The van der Waals surface area contributed by atoms with E-state index in [1.54, 1.807) is 0 Å². The second-order valence-electron chi connectivity index (χ2n) is 8.18. The van der Waals surface area contributed by atoms with Crippen LogP contribution in [0.2, 0.25) is 5.02 Å². The van der Waals surface area contributed by atoms with Crippen LogP contribution in [0.15, 0.2) is 23.1 Å². The first kappa shape index (κ1) is 23.0. The van der Waals surface area contributed by atoms with Crippen LogP contribution in [0.1, 0.15) is 62.7 Å². The molecular formula is C21H29ClN2O5S. The van der Waals surface area contributed by atoms with Gasteiger partial charge < -0.3 is 10.1 Å². The fourth-order valence-corrected chi connectivity index (χ4v) is 6.03. The van der Waals surface area contributed by atoms with E-state index >= 15 is 0 Å². The lowest BCUT2D eigenvalue weighted by Gasteiger charge is -2.30. The molecular weight excluding hydrogens is 428 g/mol. The summed E-state index contributed by atoms with van der Waals surface area (Å²) in [6.45, 7) is 4.49. The Kier molecular flexibility index (Phi) is 7.42. The number of ether oxygens (including phenoxy) is 1. The fourth-order valence-electron chi connectivity index (χ4n) is 4.01. The Hall–Kier alpha value is -1.64. The van der Waals surface area contributed by atoms with E-state index in [9.17, 15) is 18.0 Å². The van der Waals surface area contributed by atoms with Gasteiger partial charge in [-0.15, -0.1) is 0 Å². The molecule has 1 aliphatic carbocycles. The first-order chi connectivity index (χ1) is 14.2. The Morgan fingerprint density at radius 3 is 2.50 bits per heavy atom. The maximum absolute atomic E-state index is 12.8. The molecule has 3 atom stereocenters. The van der Waals surface area contributed by atoms with Gasteiger partial charge in [-0.25, -0.2) is 13.2 Å². The molecule has 3 rings (SSSR count). The Balaban J connectivity index is 1.68. The zero-order valence-corrected chi connectivity index (χ0v) is 19.0. The summed E-state index contributed by atoms with van der Waals surface area (Å²) in [6, 6.07) is 4.09. The summed E-state index contributed by atoms with van der Waals surface area (Å²) in [4.78, 5) is 24.9. The smallest absolute Gasteiger partial charge is 0.338 e. The van der Waals surface area contributed by atoms with Gasteiger partial charge in [-0.1, -0.05) is 31.4 Å². The summed E-state index contributed by atoms with van der Waals surface area (Å²) in [5.74, 6) is -0.718. The first-order valence-corrected chi connectivity index (χ1v) is 12.3. The molecule has 7 nitrogen and oxygen atoms in total. The zero-order valence-electron chi connectivity index (χ0n) is 17.4. The number of hydrogen-bond acceptors (Lipinski definition) is 5. The Bertz CT molecular complexity index is 899. The summed E-state index contributed by atoms with van der Waals surface area (Å²) in [5, 5.41) is 3.02. The van der Waals surface area contributed by atoms with E-state index in [1.165, 1.54) is 29.4 Å². The number of carbonyl (C=O) groups is 2. The molecule has 30 heavy (non-hydrogen) atoms. The number of esters is 1. The number of nitrogens with zero attached hydrogens (tertiary/aromatic N) is 1. The third-order valence-corrected chi connectivity index (χ3v) is 8.32. The predicted octanol–water partition coefficient (Wildman–Crippen LogP) is 3.36. The Morgan fingerprint density at radius 2 is 1.83 bits per heavy atom. The van der Waals surface area contributed by atoms with Crippen LogP contribution in [-0.2, 0) is 19.6 Å². The van der Waals surface area contributed by atoms with Crippen LogP contribution in [0.25, 0.3) is 0 Å². The number of nitrogens with one attached hydrogen (secondary N) is 1. The molecule has 0 unspecified atom stereocenters. The van der Waals surface area contributed by atoms with Gasteiger partial charge in [0.05, 0.1) is 10.6 Å². The fraction of sp³-hybridized carbons (Fsp3) is 0.619. The summed E-state index contributed by atoms with van der Waals surface area (Å²) < 4.78 is 32.3. The van der Waals surface area contributed by atoms with Crippen LogP contribution in [0.5, 0.6) is 0 Å². The maximum atomic E-state index is 12.8. The van der Waals surface area contributed by atoms with Crippen molar-refractivity contribution in [2.75, 3.05) is 13.1 Å². The summed E-state index contributed by atoms with van der Waals surface area (Å²) in [6.07, 6.45) is 4.83. The first-order valence-electron chi connectivity index (χ1n) is 10.5. The van der Waals surface area contributed by atoms with E-state index in [0.29, 0.717) is 19.0 Å². The molecule has 1 amide bonds. The number of amides is 1. The lowest BCUT2D eigenvalue weighted by atomic mass is 9.86. The van der Waals surface area contributed by atoms with Gasteiger partial charge in [0.2, 0.25) is 10.0 Å². The molecule has 0 aromatic heterocycles. The molecule has 166 valence electrons. The molecule has 1 aliphatic heterocycles. The second kappa shape index (κ2) is 9.66. The van der Waals surface area contributed by atoms with Crippen molar-refractivity contribution in [1.82, 2.24) is 9.62 Å². The molecule has 2 fully saturated rings. The van der Waals surface area contributed by atoms with Crippen molar-refractivity contribution in [2.45, 2.75) is 69.4 Å². The van der Waals surface area contributed by atoms with Gasteiger partial charge in [-0.2, -0.15) is 4.31 Å². The van der Waals surface area contributed by atoms with Crippen molar-refractivity contribution in [1.29, 1.82) is 0 Å². The molecule has 1 aromatic carbocycles. The molecule has 9 heteroatoms. The zero-order chi connectivity index (χ0) is 21.9. The lowest BCUT2D eigenvalue weighted by molar-refractivity contribution is -0.130. The average molecular weight is 457 g/mol. The van der Waals surface area contributed by atoms with Crippen LogP contribution in [-0.4, -0.2) is 49.8 Å². The van der Waals surface area contributed by atoms with Crippen molar-refractivity contribution >= 4 is 33.5 Å². The molecule has 1 saturated heterocycles. The quantitative estimate of drug-likeness (QED) is 0.662. The van der Waals surface area contributed by atoms with E-state index in [1.807, 2.05) is 0 Å². The highest BCUT2D eigenvalue weighted by Crippen LogP contribution is 2.28. The van der Waals surface area contributed by atoms with Crippen molar-refractivity contribution < 1.29 is 22.7 Å². The van der Waals surface area contributed by atoms with Gasteiger partial charge in [-0.05, 0) is 56.7 Å². The van der Waals surface area contributed by atoms with Crippen LogP contribution >= 0.6 is 11.6 Å². The highest BCUT2D eigenvalue weighted by molar-refractivity contribution is 7.89.